The lowest BCUT2D eigenvalue weighted by Crippen LogP contribution is -2.42. The molecule has 0 aromatic rings. The molecule has 1 atom stereocenters. The molecule has 19 heavy (non-hydrogen) atoms. The Morgan fingerprint density at radius 3 is 2.37 bits per heavy atom. The van der Waals surface area contributed by atoms with Crippen molar-refractivity contribution in [3.8, 4) is 0 Å². The van der Waals surface area contributed by atoms with Crippen LogP contribution in [0.15, 0.2) is 0 Å². The van der Waals surface area contributed by atoms with Crippen LogP contribution in [0.5, 0.6) is 0 Å². The van der Waals surface area contributed by atoms with Crippen molar-refractivity contribution in [1.29, 1.82) is 0 Å². The summed E-state index contributed by atoms with van der Waals surface area (Å²) in [7, 11) is 7.11. The van der Waals surface area contributed by atoms with E-state index < -0.39 is 12.1 Å². The van der Waals surface area contributed by atoms with E-state index in [0.717, 1.165) is 13.0 Å². The Morgan fingerprint density at radius 2 is 1.89 bits per heavy atom. The zero-order valence-electron chi connectivity index (χ0n) is 12.2. The number of amides is 2. The lowest BCUT2D eigenvalue weighted by Gasteiger charge is -2.21. The summed E-state index contributed by atoms with van der Waals surface area (Å²) in [5.74, 6) is -0.944. The van der Waals surface area contributed by atoms with Crippen molar-refractivity contribution >= 4 is 12.0 Å². The van der Waals surface area contributed by atoms with E-state index in [2.05, 4.69) is 10.2 Å². The molecule has 2 amide bonds. The highest BCUT2D eigenvalue weighted by atomic mass is 16.5. The van der Waals surface area contributed by atoms with Gasteiger partial charge >= 0.3 is 12.0 Å². The molecule has 0 aliphatic rings. The van der Waals surface area contributed by atoms with Crippen LogP contribution in [-0.4, -0.2) is 80.9 Å². The molecule has 112 valence electrons. The van der Waals surface area contributed by atoms with Crippen LogP contribution in [0, 0.1) is 0 Å². The zero-order chi connectivity index (χ0) is 14.8. The quantitative estimate of drug-likeness (QED) is 0.622. The number of carbonyl (C=O) groups excluding carboxylic acids is 1. The van der Waals surface area contributed by atoms with Gasteiger partial charge in [0.2, 0.25) is 0 Å². The Kier molecular flexibility index (Phi) is 8.90. The normalized spacial score (nSPS) is 12.3. The van der Waals surface area contributed by atoms with Crippen LogP contribution in [0.2, 0.25) is 0 Å². The first kappa shape index (κ1) is 17.7. The average molecular weight is 275 g/mol. The maximum absolute atomic E-state index is 11.7. The third-order valence-corrected chi connectivity index (χ3v) is 2.66. The van der Waals surface area contributed by atoms with Crippen LogP contribution in [0.3, 0.4) is 0 Å². The van der Waals surface area contributed by atoms with Gasteiger partial charge in [0.1, 0.15) is 0 Å². The molecule has 0 bridgehead atoms. The Balaban J connectivity index is 3.91. The number of rotatable bonds is 9. The molecule has 0 saturated heterocycles. The molecule has 0 saturated carbocycles. The van der Waals surface area contributed by atoms with Gasteiger partial charge in [0, 0.05) is 27.2 Å². The molecule has 0 radical (unpaired) electrons. The summed E-state index contributed by atoms with van der Waals surface area (Å²) in [6, 6.07) is -0.216. The molecule has 7 nitrogen and oxygen atoms in total. The molecule has 1 unspecified atom stereocenters. The van der Waals surface area contributed by atoms with Crippen molar-refractivity contribution in [2.75, 3.05) is 47.9 Å². The van der Waals surface area contributed by atoms with Gasteiger partial charge in [0.15, 0.2) is 0 Å². The first-order valence-electron chi connectivity index (χ1n) is 6.25. The molecule has 0 aromatic heterocycles. The summed E-state index contributed by atoms with van der Waals surface area (Å²) in [4.78, 5) is 25.9. The minimum Gasteiger partial charge on any atom is -0.481 e. The number of carboxylic acids is 1. The Hall–Kier alpha value is -1.34. The van der Waals surface area contributed by atoms with E-state index in [1.54, 1.807) is 11.9 Å². The van der Waals surface area contributed by atoms with Crippen LogP contribution in [-0.2, 0) is 9.53 Å². The molecule has 0 heterocycles. The van der Waals surface area contributed by atoms with Crippen molar-refractivity contribution in [1.82, 2.24) is 15.1 Å². The van der Waals surface area contributed by atoms with E-state index in [9.17, 15) is 9.59 Å². The Labute approximate surface area is 114 Å². The predicted molar refractivity (Wildman–Crippen MR) is 72.2 cm³/mol. The monoisotopic (exact) mass is 275 g/mol. The topological polar surface area (TPSA) is 82.1 Å². The maximum Gasteiger partial charge on any atom is 0.317 e. The van der Waals surface area contributed by atoms with Gasteiger partial charge in [-0.1, -0.05) is 0 Å². The van der Waals surface area contributed by atoms with Crippen molar-refractivity contribution in [2.45, 2.75) is 18.9 Å². The largest absolute Gasteiger partial charge is 0.481 e. The Bertz CT molecular complexity index is 284. The molecule has 0 aliphatic heterocycles. The highest BCUT2D eigenvalue weighted by molar-refractivity contribution is 5.74. The van der Waals surface area contributed by atoms with Crippen LogP contribution in [0.25, 0.3) is 0 Å². The number of nitrogens with zero attached hydrogens (tertiary/aromatic N) is 2. The van der Waals surface area contributed by atoms with Gasteiger partial charge in [0.05, 0.1) is 12.5 Å². The second kappa shape index (κ2) is 9.57. The van der Waals surface area contributed by atoms with Crippen molar-refractivity contribution in [3.63, 3.8) is 0 Å². The van der Waals surface area contributed by atoms with Gasteiger partial charge in [-0.05, 0) is 27.1 Å². The third kappa shape index (κ3) is 9.26. The smallest absolute Gasteiger partial charge is 0.317 e. The fourth-order valence-electron chi connectivity index (χ4n) is 1.50. The fraction of sp³-hybridized carbons (Fsp3) is 0.833. The highest BCUT2D eigenvalue weighted by Crippen LogP contribution is 1.97. The molecule has 0 fully saturated rings. The average Bonchev–Trinajstić information content (AvgIpc) is 2.32. The van der Waals surface area contributed by atoms with Gasteiger partial charge in [-0.25, -0.2) is 4.79 Å². The van der Waals surface area contributed by atoms with Gasteiger partial charge in [0.25, 0.3) is 0 Å². The predicted octanol–water partition coefficient (Wildman–Crippen LogP) is 0.0692. The highest BCUT2D eigenvalue weighted by Gasteiger charge is 2.15. The fourth-order valence-corrected chi connectivity index (χ4v) is 1.50. The number of aliphatic carboxylic acids is 1. The molecular weight excluding hydrogens is 250 g/mol. The molecule has 0 aromatic carbocycles. The molecule has 7 heteroatoms. The number of ether oxygens (including phenoxy) is 1. The van der Waals surface area contributed by atoms with Crippen molar-refractivity contribution in [3.05, 3.63) is 0 Å². The standard InChI is InChI=1S/C12H25N3O4/c1-14(2)6-5-7-15(3)12(18)13-9-10(19-4)8-11(16)17/h10H,5-9H2,1-4H3,(H,13,18)(H,16,17). The van der Waals surface area contributed by atoms with Crippen LogP contribution in [0.4, 0.5) is 4.79 Å². The van der Waals surface area contributed by atoms with Crippen molar-refractivity contribution < 1.29 is 19.4 Å². The number of hydrogen-bond donors (Lipinski definition) is 2. The van der Waals surface area contributed by atoms with Gasteiger partial charge in [-0.3, -0.25) is 4.79 Å². The number of nitrogens with one attached hydrogen (secondary N) is 1. The second-order valence-electron chi connectivity index (χ2n) is 4.72. The molecule has 0 spiro atoms. The van der Waals surface area contributed by atoms with E-state index in [-0.39, 0.29) is 19.0 Å². The van der Waals surface area contributed by atoms with Crippen molar-refractivity contribution in [2.24, 2.45) is 0 Å². The van der Waals surface area contributed by atoms with Gasteiger partial charge in [-0.2, -0.15) is 0 Å². The number of carboxylic acid groups (broad SMARTS) is 1. The van der Waals surface area contributed by atoms with Crippen LogP contribution < -0.4 is 5.32 Å². The van der Waals surface area contributed by atoms with E-state index in [1.165, 1.54) is 7.11 Å². The van der Waals surface area contributed by atoms with Crippen LogP contribution in [0.1, 0.15) is 12.8 Å². The van der Waals surface area contributed by atoms with E-state index in [1.807, 2.05) is 14.1 Å². The summed E-state index contributed by atoms with van der Waals surface area (Å²) in [5, 5.41) is 11.3. The van der Waals surface area contributed by atoms with E-state index in [0.29, 0.717) is 6.54 Å². The minimum absolute atomic E-state index is 0.124. The summed E-state index contributed by atoms with van der Waals surface area (Å²) in [6.07, 6.45) is 0.262. The van der Waals surface area contributed by atoms with E-state index >= 15 is 0 Å². The lowest BCUT2D eigenvalue weighted by atomic mass is 10.2. The summed E-state index contributed by atoms with van der Waals surface area (Å²) in [5.41, 5.74) is 0. The molecule has 2 N–H and O–H groups in total. The number of hydrogen-bond acceptors (Lipinski definition) is 4. The molecule has 0 rings (SSSR count). The van der Waals surface area contributed by atoms with E-state index in [4.69, 9.17) is 9.84 Å². The number of urea groups is 1. The second-order valence-corrected chi connectivity index (χ2v) is 4.72. The molecular formula is C12H25N3O4. The number of methoxy groups -OCH3 is 1. The number of carbonyl (C=O) groups is 2. The van der Waals surface area contributed by atoms with Gasteiger partial charge in [-0.15, -0.1) is 0 Å². The zero-order valence-corrected chi connectivity index (χ0v) is 12.2. The first-order valence-corrected chi connectivity index (χ1v) is 6.25. The van der Waals surface area contributed by atoms with Crippen LogP contribution >= 0.6 is 0 Å². The lowest BCUT2D eigenvalue weighted by molar-refractivity contribution is -0.139. The third-order valence-electron chi connectivity index (χ3n) is 2.66. The summed E-state index contributed by atoms with van der Waals surface area (Å²) >= 11 is 0. The molecule has 0 aliphatic carbocycles. The maximum atomic E-state index is 11.7. The Morgan fingerprint density at radius 1 is 1.26 bits per heavy atom. The first-order chi connectivity index (χ1) is 8.86. The summed E-state index contributed by atoms with van der Waals surface area (Å²) in [6.45, 7) is 1.76. The SMILES string of the molecule is COC(CNC(=O)N(C)CCCN(C)C)CC(=O)O. The van der Waals surface area contributed by atoms with Gasteiger partial charge < -0.3 is 25.0 Å². The summed E-state index contributed by atoms with van der Waals surface area (Å²) < 4.78 is 4.98. The minimum atomic E-state index is -0.944.